The minimum Gasteiger partial charge on any atom is -0.478 e. The molecule has 2 aliphatic rings. The summed E-state index contributed by atoms with van der Waals surface area (Å²) >= 11 is 11.4. The molecule has 2 fully saturated rings. The average molecular weight is 660 g/mol. The van der Waals surface area contributed by atoms with Crippen LogP contribution in [0.1, 0.15) is 50.4 Å². The minimum absolute atomic E-state index is 0.0484. The summed E-state index contributed by atoms with van der Waals surface area (Å²) in [6.45, 7) is 11.2. The lowest BCUT2D eigenvalue weighted by molar-refractivity contribution is -0.123. The highest BCUT2D eigenvalue weighted by molar-refractivity contribution is 6.31. The van der Waals surface area contributed by atoms with Crippen molar-refractivity contribution in [2.45, 2.75) is 45.6 Å². The van der Waals surface area contributed by atoms with Crippen LogP contribution in [0.25, 0.3) is 0 Å². The molecule has 45 heavy (non-hydrogen) atoms. The van der Waals surface area contributed by atoms with Crippen LogP contribution in [-0.2, 0) is 9.59 Å². The average Bonchev–Trinajstić information content (AvgIpc) is 3.75. The highest BCUT2D eigenvalue weighted by Crippen LogP contribution is 2.47. The van der Waals surface area contributed by atoms with Crippen molar-refractivity contribution in [3.63, 3.8) is 0 Å². The van der Waals surface area contributed by atoms with Crippen molar-refractivity contribution < 1.29 is 23.9 Å². The zero-order valence-electron chi connectivity index (χ0n) is 25.8. The Kier molecular flexibility index (Phi) is 12.8. The number of carbonyl (C=O) groups excluding carboxylic acids is 2. The molecule has 4 rings (SSSR count). The molecule has 8 nitrogen and oxygen atoms in total. The Hall–Kier alpha value is -3.66. The van der Waals surface area contributed by atoms with E-state index in [2.05, 4.69) is 16.8 Å². The molecule has 1 aliphatic heterocycles. The molecule has 1 saturated carbocycles. The molecule has 2 amide bonds. The van der Waals surface area contributed by atoms with Crippen LogP contribution in [0, 0.1) is 17.8 Å². The normalized spacial score (nSPS) is 19.5. The Morgan fingerprint density at radius 3 is 2.51 bits per heavy atom. The van der Waals surface area contributed by atoms with Crippen molar-refractivity contribution in [2.75, 3.05) is 35.6 Å². The maximum absolute atomic E-state index is 15.7. The van der Waals surface area contributed by atoms with Crippen molar-refractivity contribution in [1.29, 1.82) is 0 Å². The van der Waals surface area contributed by atoms with Crippen LogP contribution in [-0.4, -0.2) is 53.5 Å². The number of rotatable bonds is 12. The lowest BCUT2D eigenvalue weighted by Crippen LogP contribution is -2.44. The molecule has 0 bridgehead atoms. The van der Waals surface area contributed by atoms with Gasteiger partial charge in [-0.3, -0.25) is 14.5 Å². The Morgan fingerprint density at radius 2 is 1.96 bits per heavy atom. The van der Waals surface area contributed by atoms with Gasteiger partial charge in [0.05, 0.1) is 22.9 Å². The van der Waals surface area contributed by atoms with Gasteiger partial charge >= 0.3 is 5.97 Å². The molecular formula is C34H41Cl2FN4O4. The number of allylic oxidation sites excluding steroid dienone is 4. The van der Waals surface area contributed by atoms with E-state index in [1.807, 2.05) is 20.8 Å². The van der Waals surface area contributed by atoms with Gasteiger partial charge in [0.2, 0.25) is 12.3 Å². The smallest absolute Gasteiger partial charge is 0.335 e. The van der Waals surface area contributed by atoms with Crippen molar-refractivity contribution >= 4 is 58.6 Å². The summed E-state index contributed by atoms with van der Waals surface area (Å²) in [6, 6.07) is 11.3. The van der Waals surface area contributed by atoms with Crippen LogP contribution >= 0.6 is 23.2 Å². The van der Waals surface area contributed by atoms with Crippen LogP contribution in [0.4, 0.5) is 21.5 Å². The van der Waals surface area contributed by atoms with E-state index in [0.29, 0.717) is 48.2 Å². The van der Waals surface area contributed by atoms with Gasteiger partial charge in [-0.1, -0.05) is 48.8 Å². The predicted octanol–water partition coefficient (Wildman–Crippen LogP) is 7.52. The van der Waals surface area contributed by atoms with Gasteiger partial charge in [-0.05, 0) is 87.6 Å². The van der Waals surface area contributed by atoms with E-state index >= 15 is 4.39 Å². The number of nitrogens with one attached hydrogen (secondary N) is 1. The third kappa shape index (κ3) is 9.66. The predicted molar refractivity (Wildman–Crippen MR) is 180 cm³/mol. The number of aromatic carboxylic acids is 1. The molecule has 2 aromatic carbocycles. The third-order valence-electron chi connectivity index (χ3n) is 8.05. The molecule has 242 valence electrons. The van der Waals surface area contributed by atoms with E-state index in [1.165, 1.54) is 30.4 Å². The number of carboxylic acids is 1. The lowest BCUT2D eigenvalue weighted by atomic mass is 9.80. The molecule has 2 aromatic rings. The van der Waals surface area contributed by atoms with Crippen molar-refractivity contribution in [3.8, 4) is 0 Å². The molecule has 11 heteroatoms. The zero-order chi connectivity index (χ0) is 33.3. The molecule has 2 atom stereocenters. The first-order valence-corrected chi connectivity index (χ1v) is 15.6. The van der Waals surface area contributed by atoms with Crippen molar-refractivity contribution in [3.05, 3.63) is 88.7 Å². The van der Waals surface area contributed by atoms with Crippen LogP contribution in [0.5, 0.6) is 0 Å². The monoisotopic (exact) mass is 658 g/mol. The highest BCUT2D eigenvalue weighted by Gasteiger charge is 2.54. The van der Waals surface area contributed by atoms with Gasteiger partial charge in [0.1, 0.15) is 5.83 Å². The van der Waals surface area contributed by atoms with Gasteiger partial charge in [0.15, 0.2) is 0 Å². The summed E-state index contributed by atoms with van der Waals surface area (Å²) in [5.41, 5.74) is 7.02. The molecule has 4 N–H and O–H groups in total. The summed E-state index contributed by atoms with van der Waals surface area (Å²) in [7, 11) is 0. The first kappa shape index (κ1) is 35.8. The molecule has 1 aliphatic carbocycles. The number of likely N-dealkylation sites (tertiary alicyclic amines) is 1. The third-order valence-corrected chi connectivity index (χ3v) is 8.41. The maximum Gasteiger partial charge on any atom is 0.335 e. The summed E-state index contributed by atoms with van der Waals surface area (Å²) in [6.07, 6.45) is 7.98. The van der Waals surface area contributed by atoms with Crippen LogP contribution in [0.15, 0.2) is 78.1 Å². The Morgan fingerprint density at radius 1 is 1.24 bits per heavy atom. The fraction of sp³-hybridized carbons (Fsp3) is 0.382. The number of amides is 2. The Labute approximate surface area is 274 Å². The summed E-state index contributed by atoms with van der Waals surface area (Å²) in [4.78, 5) is 39.1. The van der Waals surface area contributed by atoms with Crippen molar-refractivity contribution in [2.24, 2.45) is 17.8 Å². The number of anilines is 3. The fourth-order valence-corrected chi connectivity index (χ4v) is 5.90. The maximum atomic E-state index is 15.7. The highest BCUT2D eigenvalue weighted by atomic mass is 35.5. The number of hydrogen-bond donors (Lipinski definition) is 3. The standard InChI is InChI=1S/C27H35ClFN3O3.C7H6ClNO/c1-5-13-32(23-12-11-19(26(34)35)14-22(23)30)25(33)20-16-31(15-18-9-10-18)27(3,4)24(20)21(29)8-6-7-17(2)28;8-6-2-1-3-7(4-6)9-5-10/h6-8,11-12,14,18,20,24H,2,5,9-10,13,15-16,30H2,1,3-4H3,(H,34,35);1-5H,(H,9,10)/b7-6-,21-8-;/t20-,24?;/m1./s1. The first-order valence-electron chi connectivity index (χ1n) is 14.8. The number of benzene rings is 2. The van der Waals surface area contributed by atoms with Crippen LogP contribution in [0.3, 0.4) is 0 Å². The van der Waals surface area contributed by atoms with E-state index < -0.39 is 23.3 Å². The first-order chi connectivity index (χ1) is 21.3. The number of nitrogens with two attached hydrogens (primary N) is 1. The quantitative estimate of drug-likeness (QED) is 0.123. The largest absolute Gasteiger partial charge is 0.478 e. The SMILES string of the molecule is C=C(Cl)/C=C\C=C(/F)C1[C@H](C(=O)N(CCC)c2ccc(C(=O)O)cc2N)CN(CC2CC2)C1(C)C.O=CNc1cccc(Cl)c1. The summed E-state index contributed by atoms with van der Waals surface area (Å²) in [5, 5.41) is 12.7. The van der Waals surface area contributed by atoms with Gasteiger partial charge in [-0.25, -0.2) is 9.18 Å². The van der Waals surface area contributed by atoms with Gasteiger partial charge < -0.3 is 21.1 Å². The molecule has 0 radical (unpaired) electrons. The number of hydrogen-bond acceptors (Lipinski definition) is 5. The number of nitrogen functional groups attached to an aromatic ring is 1. The summed E-state index contributed by atoms with van der Waals surface area (Å²) in [5.74, 6) is -2.40. The number of carboxylic acid groups (broad SMARTS) is 1. The van der Waals surface area contributed by atoms with E-state index in [1.54, 1.807) is 35.2 Å². The van der Waals surface area contributed by atoms with E-state index in [0.717, 1.165) is 19.4 Å². The van der Waals surface area contributed by atoms with E-state index in [9.17, 15) is 19.5 Å². The topological polar surface area (TPSA) is 116 Å². The second-order valence-corrected chi connectivity index (χ2v) is 12.7. The van der Waals surface area contributed by atoms with Gasteiger partial charge in [0.25, 0.3) is 0 Å². The Balaban J connectivity index is 0.000000468. The molecule has 1 unspecified atom stereocenters. The van der Waals surface area contributed by atoms with Gasteiger partial charge in [-0.15, -0.1) is 0 Å². The molecular weight excluding hydrogens is 618 g/mol. The number of halogens is 3. The number of carbonyl (C=O) groups is 3. The zero-order valence-corrected chi connectivity index (χ0v) is 27.3. The fourth-order valence-electron chi connectivity index (χ4n) is 5.64. The second kappa shape index (κ2) is 16.1. The minimum atomic E-state index is -1.09. The van der Waals surface area contributed by atoms with Crippen molar-refractivity contribution in [1.82, 2.24) is 4.90 Å². The van der Waals surface area contributed by atoms with Gasteiger partial charge in [0, 0.05) is 46.8 Å². The summed E-state index contributed by atoms with van der Waals surface area (Å²) < 4.78 is 15.7. The lowest BCUT2D eigenvalue weighted by Gasteiger charge is -2.36. The molecule has 1 saturated heterocycles. The molecule has 0 aromatic heterocycles. The van der Waals surface area contributed by atoms with Crippen LogP contribution in [0.2, 0.25) is 5.02 Å². The second-order valence-electron chi connectivity index (χ2n) is 11.8. The molecule has 0 spiro atoms. The van der Waals surface area contributed by atoms with Crippen LogP contribution < -0.4 is 16.0 Å². The van der Waals surface area contributed by atoms with E-state index in [-0.39, 0.29) is 28.0 Å². The molecule has 1 heterocycles. The number of nitrogens with zero attached hydrogens (tertiary/aromatic N) is 2. The Bertz CT molecular complexity index is 1460. The van der Waals surface area contributed by atoms with E-state index in [4.69, 9.17) is 28.9 Å². The van der Waals surface area contributed by atoms with Gasteiger partial charge in [-0.2, -0.15) is 0 Å².